The van der Waals surface area contributed by atoms with Gasteiger partial charge in [-0.15, -0.1) is 0 Å². The van der Waals surface area contributed by atoms with Gasteiger partial charge < -0.3 is 4.74 Å². The molecule has 2 aromatic carbocycles. The Morgan fingerprint density at radius 3 is 2.33 bits per heavy atom. The Morgan fingerprint density at radius 2 is 1.62 bits per heavy atom. The largest absolute Gasteiger partial charge is 0.494 e. The second-order valence-electron chi connectivity index (χ2n) is 5.42. The first-order valence-corrected chi connectivity index (χ1v) is 8.10. The van der Waals surface area contributed by atoms with Gasteiger partial charge in [0.1, 0.15) is 5.75 Å². The molecule has 0 heterocycles. The molecule has 0 aliphatic heterocycles. The molecule has 0 aromatic heterocycles. The number of ether oxygens (including phenoxy) is 1. The fourth-order valence-corrected chi connectivity index (χ4v) is 2.38. The summed E-state index contributed by atoms with van der Waals surface area (Å²) in [4.78, 5) is 0. The van der Waals surface area contributed by atoms with Gasteiger partial charge in [-0.25, -0.2) is 0 Å². The summed E-state index contributed by atoms with van der Waals surface area (Å²) in [5, 5.41) is 0. The summed E-state index contributed by atoms with van der Waals surface area (Å²) < 4.78 is 5.79. The molecule has 0 atom stereocenters. The highest BCUT2D eigenvalue weighted by Crippen LogP contribution is 2.21. The molecule has 0 unspecified atom stereocenters. The van der Waals surface area contributed by atoms with Crippen LogP contribution in [0.15, 0.2) is 48.5 Å². The van der Waals surface area contributed by atoms with Gasteiger partial charge in [0.25, 0.3) is 0 Å². The molecule has 0 bridgehead atoms. The zero-order valence-corrected chi connectivity index (χ0v) is 13.0. The van der Waals surface area contributed by atoms with Crippen molar-refractivity contribution in [3.8, 4) is 16.9 Å². The van der Waals surface area contributed by atoms with Crippen LogP contribution in [0.1, 0.15) is 45.4 Å². The predicted molar refractivity (Wildman–Crippen MR) is 89.6 cm³/mol. The van der Waals surface area contributed by atoms with E-state index in [1.54, 1.807) is 0 Å². The molecule has 0 fully saturated rings. The van der Waals surface area contributed by atoms with Crippen molar-refractivity contribution in [3.05, 3.63) is 54.6 Å². The van der Waals surface area contributed by atoms with E-state index < -0.39 is 0 Å². The Balaban J connectivity index is 1.71. The molecule has 111 valence electrons. The second-order valence-corrected chi connectivity index (χ2v) is 5.42. The van der Waals surface area contributed by atoms with Crippen LogP contribution < -0.4 is 4.74 Å². The highest BCUT2D eigenvalue weighted by Gasteiger charge is 1.98. The number of benzene rings is 2. The van der Waals surface area contributed by atoms with Crippen molar-refractivity contribution in [1.29, 1.82) is 0 Å². The van der Waals surface area contributed by atoms with E-state index in [4.69, 9.17) is 4.74 Å². The molecule has 2 aromatic rings. The SMILES string of the molecule is CCCCCCCCOc1ccc(-c2[c]cccc2)cc1. The zero-order valence-electron chi connectivity index (χ0n) is 13.0. The summed E-state index contributed by atoms with van der Waals surface area (Å²) >= 11 is 0. The summed E-state index contributed by atoms with van der Waals surface area (Å²) in [5.41, 5.74) is 2.31. The fraction of sp³-hybridized carbons (Fsp3) is 0.400. The highest BCUT2D eigenvalue weighted by molar-refractivity contribution is 5.63. The summed E-state index contributed by atoms with van der Waals surface area (Å²) in [6.07, 6.45) is 7.79. The Hall–Kier alpha value is -1.76. The lowest BCUT2D eigenvalue weighted by Gasteiger charge is -2.07. The third-order valence-electron chi connectivity index (χ3n) is 3.64. The second kappa shape index (κ2) is 9.23. The van der Waals surface area contributed by atoms with Crippen molar-refractivity contribution >= 4 is 0 Å². The molecule has 0 N–H and O–H groups in total. The van der Waals surface area contributed by atoms with Crippen LogP contribution >= 0.6 is 0 Å². The summed E-state index contributed by atoms with van der Waals surface area (Å²) in [6.45, 7) is 3.07. The van der Waals surface area contributed by atoms with Crippen LogP contribution in [0.5, 0.6) is 5.75 Å². The van der Waals surface area contributed by atoms with Crippen molar-refractivity contribution in [3.63, 3.8) is 0 Å². The molecular formula is C20H25O. The quantitative estimate of drug-likeness (QED) is 0.520. The van der Waals surface area contributed by atoms with Crippen LogP contribution in [0.2, 0.25) is 0 Å². The van der Waals surface area contributed by atoms with Gasteiger partial charge in [-0.2, -0.15) is 0 Å². The maximum Gasteiger partial charge on any atom is 0.119 e. The number of hydrogen-bond acceptors (Lipinski definition) is 1. The normalized spacial score (nSPS) is 10.5. The number of hydrogen-bond donors (Lipinski definition) is 0. The van der Waals surface area contributed by atoms with E-state index >= 15 is 0 Å². The minimum atomic E-state index is 0.822. The van der Waals surface area contributed by atoms with E-state index in [0.29, 0.717) is 0 Å². The predicted octanol–water partition coefficient (Wildman–Crippen LogP) is 5.89. The van der Waals surface area contributed by atoms with Gasteiger partial charge in [-0.1, -0.05) is 75.4 Å². The lowest BCUT2D eigenvalue weighted by molar-refractivity contribution is 0.304. The Morgan fingerprint density at radius 1 is 0.857 bits per heavy atom. The van der Waals surface area contributed by atoms with E-state index in [9.17, 15) is 0 Å². The molecule has 0 aliphatic rings. The molecule has 0 saturated heterocycles. The molecule has 0 spiro atoms. The lowest BCUT2D eigenvalue weighted by atomic mass is 10.1. The van der Waals surface area contributed by atoms with Crippen LogP contribution in [-0.4, -0.2) is 6.61 Å². The van der Waals surface area contributed by atoms with Crippen LogP contribution in [-0.2, 0) is 0 Å². The van der Waals surface area contributed by atoms with Gasteiger partial charge in [-0.3, -0.25) is 0 Å². The minimum Gasteiger partial charge on any atom is -0.494 e. The molecule has 1 nitrogen and oxygen atoms in total. The monoisotopic (exact) mass is 281 g/mol. The van der Waals surface area contributed by atoms with E-state index in [-0.39, 0.29) is 0 Å². The molecule has 2 rings (SSSR count). The van der Waals surface area contributed by atoms with E-state index in [0.717, 1.165) is 24.3 Å². The van der Waals surface area contributed by atoms with Crippen LogP contribution in [0, 0.1) is 6.07 Å². The molecule has 21 heavy (non-hydrogen) atoms. The van der Waals surface area contributed by atoms with Crippen molar-refractivity contribution in [2.75, 3.05) is 6.61 Å². The van der Waals surface area contributed by atoms with Crippen LogP contribution in [0.25, 0.3) is 11.1 Å². The summed E-state index contributed by atoms with van der Waals surface area (Å²) in [7, 11) is 0. The molecule has 1 radical (unpaired) electrons. The Labute approximate surface area is 129 Å². The first-order chi connectivity index (χ1) is 10.4. The topological polar surface area (TPSA) is 9.23 Å². The first kappa shape index (κ1) is 15.6. The fourth-order valence-electron chi connectivity index (χ4n) is 2.38. The maximum absolute atomic E-state index is 5.79. The minimum absolute atomic E-state index is 0.822. The highest BCUT2D eigenvalue weighted by atomic mass is 16.5. The Bertz CT molecular complexity index is 487. The van der Waals surface area contributed by atoms with Gasteiger partial charge in [0.15, 0.2) is 0 Å². The van der Waals surface area contributed by atoms with Gasteiger partial charge in [0, 0.05) is 0 Å². The maximum atomic E-state index is 5.79. The van der Waals surface area contributed by atoms with E-state index in [1.165, 1.54) is 37.7 Å². The summed E-state index contributed by atoms with van der Waals surface area (Å²) in [6, 6.07) is 19.6. The van der Waals surface area contributed by atoms with Gasteiger partial charge in [0.2, 0.25) is 0 Å². The van der Waals surface area contributed by atoms with Crippen molar-refractivity contribution in [2.24, 2.45) is 0 Å². The molecular weight excluding hydrogens is 256 g/mol. The van der Waals surface area contributed by atoms with Crippen molar-refractivity contribution in [2.45, 2.75) is 45.4 Å². The van der Waals surface area contributed by atoms with E-state index in [2.05, 4.69) is 31.2 Å². The van der Waals surface area contributed by atoms with Gasteiger partial charge in [0.05, 0.1) is 6.61 Å². The van der Waals surface area contributed by atoms with Gasteiger partial charge in [-0.05, 0) is 35.7 Å². The number of unbranched alkanes of at least 4 members (excludes halogenated alkanes) is 5. The lowest BCUT2D eigenvalue weighted by Crippen LogP contribution is -1.97. The third kappa shape index (κ3) is 5.63. The Kier molecular flexibility index (Phi) is 6.87. The molecule has 0 aliphatic carbocycles. The molecule has 1 heteroatoms. The zero-order chi connectivity index (χ0) is 14.8. The average Bonchev–Trinajstić information content (AvgIpc) is 2.55. The molecule has 0 saturated carbocycles. The molecule has 0 amide bonds. The van der Waals surface area contributed by atoms with Crippen molar-refractivity contribution in [1.82, 2.24) is 0 Å². The number of rotatable bonds is 9. The smallest absolute Gasteiger partial charge is 0.119 e. The average molecular weight is 281 g/mol. The van der Waals surface area contributed by atoms with Crippen molar-refractivity contribution < 1.29 is 4.74 Å². The van der Waals surface area contributed by atoms with Crippen LogP contribution in [0.3, 0.4) is 0 Å². The standard InChI is InChI=1S/C20H25O/c1-2-3-4-5-6-10-17-21-20-15-13-19(14-16-20)18-11-8-7-9-12-18/h7-9,11,13-16H,2-6,10,17H2,1H3. The first-order valence-electron chi connectivity index (χ1n) is 8.10. The van der Waals surface area contributed by atoms with Gasteiger partial charge >= 0.3 is 0 Å². The summed E-state index contributed by atoms with van der Waals surface area (Å²) in [5.74, 6) is 0.961. The van der Waals surface area contributed by atoms with E-state index in [1.807, 2.05) is 30.3 Å². The van der Waals surface area contributed by atoms with Crippen LogP contribution in [0.4, 0.5) is 0 Å². The third-order valence-corrected chi connectivity index (χ3v) is 3.64.